The topological polar surface area (TPSA) is 21.3 Å². The summed E-state index contributed by atoms with van der Waals surface area (Å²) in [5, 5.41) is 3.43. The molecule has 0 saturated carbocycles. The van der Waals surface area contributed by atoms with Gasteiger partial charge in [-0.3, -0.25) is 5.32 Å². The third kappa shape index (κ3) is 1.90. The summed E-state index contributed by atoms with van der Waals surface area (Å²) < 4.78 is 5.63. The van der Waals surface area contributed by atoms with E-state index in [0.29, 0.717) is 6.04 Å². The minimum atomic E-state index is 0.103. The first-order valence-corrected chi connectivity index (χ1v) is 4.82. The third-order valence-corrected chi connectivity index (χ3v) is 2.45. The van der Waals surface area contributed by atoms with E-state index in [0.717, 1.165) is 13.0 Å². The second-order valence-corrected chi connectivity index (χ2v) is 3.40. The van der Waals surface area contributed by atoms with E-state index in [1.54, 1.807) is 0 Å². The van der Waals surface area contributed by atoms with Crippen LogP contribution < -0.4 is 5.32 Å². The molecule has 1 N–H and O–H groups in total. The Labute approximate surface area is 78.9 Å². The average molecular weight is 177 g/mol. The fourth-order valence-corrected chi connectivity index (χ4v) is 1.58. The van der Waals surface area contributed by atoms with Crippen molar-refractivity contribution < 1.29 is 4.74 Å². The molecule has 13 heavy (non-hydrogen) atoms. The van der Waals surface area contributed by atoms with Crippen LogP contribution in [0.5, 0.6) is 0 Å². The molecule has 1 fully saturated rings. The smallest absolute Gasteiger partial charge is 0.134 e. The summed E-state index contributed by atoms with van der Waals surface area (Å²) in [6, 6.07) is 10.8. The van der Waals surface area contributed by atoms with Crippen molar-refractivity contribution in [3.63, 3.8) is 0 Å². The van der Waals surface area contributed by atoms with E-state index in [1.807, 2.05) is 18.2 Å². The van der Waals surface area contributed by atoms with Crippen molar-refractivity contribution in [2.24, 2.45) is 0 Å². The van der Waals surface area contributed by atoms with E-state index >= 15 is 0 Å². The van der Waals surface area contributed by atoms with E-state index < -0.39 is 0 Å². The first-order valence-electron chi connectivity index (χ1n) is 4.82. The fraction of sp³-hybridized carbons (Fsp3) is 0.455. The molecule has 0 aliphatic carbocycles. The molecule has 0 bridgehead atoms. The first kappa shape index (κ1) is 8.73. The second-order valence-electron chi connectivity index (χ2n) is 3.40. The summed E-state index contributed by atoms with van der Waals surface area (Å²) in [6.07, 6.45) is 1.23. The van der Waals surface area contributed by atoms with Crippen LogP contribution in [-0.2, 0) is 4.74 Å². The predicted molar refractivity (Wildman–Crippen MR) is 52.3 cm³/mol. The van der Waals surface area contributed by atoms with Crippen LogP contribution in [0.3, 0.4) is 0 Å². The van der Waals surface area contributed by atoms with Crippen molar-refractivity contribution in [1.82, 2.24) is 5.32 Å². The minimum Gasteiger partial charge on any atom is -0.357 e. The SMILES string of the molecule is CCC1COC(c2ccccc2)N1. The van der Waals surface area contributed by atoms with E-state index in [1.165, 1.54) is 5.56 Å². The lowest BCUT2D eigenvalue weighted by Gasteiger charge is -2.10. The number of hydrogen-bond acceptors (Lipinski definition) is 2. The van der Waals surface area contributed by atoms with Gasteiger partial charge in [0.1, 0.15) is 6.23 Å². The highest BCUT2D eigenvalue weighted by molar-refractivity contribution is 5.17. The van der Waals surface area contributed by atoms with Crippen LogP contribution in [0.1, 0.15) is 25.1 Å². The van der Waals surface area contributed by atoms with Gasteiger partial charge in [0.05, 0.1) is 6.61 Å². The molecule has 1 aliphatic rings. The van der Waals surface area contributed by atoms with Gasteiger partial charge in [0.25, 0.3) is 0 Å². The molecular weight excluding hydrogens is 162 g/mol. The van der Waals surface area contributed by atoms with Crippen molar-refractivity contribution in [2.45, 2.75) is 25.6 Å². The molecule has 0 spiro atoms. The maximum absolute atomic E-state index is 5.63. The van der Waals surface area contributed by atoms with Crippen molar-refractivity contribution >= 4 is 0 Å². The van der Waals surface area contributed by atoms with E-state index in [-0.39, 0.29) is 6.23 Å². The van der Waals surface area contributed by atoms with E-state index in [2.05, 4.69) is 24.4 Å². The summed E-state index contributed by atoms with van der Waals surface area (Å²) in [6.45, 7) is 3.00. The highest BCUT2D eigenvalue weighted by atomic mass is 16.5. The van der Waals surface area contributed by atoms with Crippen LogP contribution in [0.25, 0.3) is 0 Å². The first-order chi connectivity index (χ1) is 6.40. The van der Waals surface area contributed by atoms with Crippen LogP contribution in [0.15, 0.2) is 30.3 Å². The standard InChI is InChI=1S/C11H15NO/c1-2-10-8-13-11(12-10)9-6-4-3-5-7-9/h3-7,10-12H,2,8H2,1H3. The van der Waals surface area contributed by atoms with Gasteiger partial charge in [-0.05, 0) is 12.0 Å². The molecule has 1 aromatic carbocycles. The minimum absolute atomic E-state index is 0.103. The van der Waals surface area contributed by atoms with Gasteiger partial charge >= 0.3 is 0 Å². The lowest BCUT2D eigenvalue weighted by Crippen LogP contribution is -2.24. The van der Waals surface area contributed by atoms with Gasteiger partial charge in [-0.15, -0.1) is 0 Å². The van der Waals surface area contributed by atoms with Gasteiger partial charge in [-0.25, -0.2) is 0 Å². The number of benzene rings is 1. The summed E-state index contributed by atoms with van der Waals surface area (Å²) in [5.41, 5.74) is 1.22. The molecule has 2 atom stereocenters. The molecule has 2 heteroatoms. The monoisotopic (exact) mass is 177 g/mol. The number of hydrogen-bond donors (Lipinski definition) is 1. The quantitative estimate of drug-likeness (QED) is 0.746. The zero-order valence-corrected chi connectivity index (χ0v) is 7.86. The van der Waals surface area contributed by atoms with Gasteiger partial charge in [0, 0.05) is 6.04 Å². The summed E-state index contributed by atoms with van der Waals surface area (Å²) in [4.78, 5) is 0. The number of ether oxygens (including phenoxy) is 1. The zero-order chi connectivity index (χ0) is 9.10. The van der Waals surface area contributed by atoms with Gasteiger partial charge in [-0.1, -0.05) is 37.3 Å². The van der Waals surface area contributed by atoms with Gasteiger partial charge < -0.3 is 4.74 Å². The Bertz CT molecular complexity index is 260. The highest BCUT2D eigenvalue weighted by Crippen LogP contribution is 2.20. The molecule has 2 nitrogen and oxygen atoms in total. The molecule has 0 amide bonds. The Morgan fingerprint density at radius 1 is 1.38 bits per heavy atom. The van der Waals surface area contributed by atoms with Crippen molar-refractivity contribution in [1.29, 1.82) is 0 Å². The van der Waals surface area contributed by atoms with Crippen molar-refractivity contribution in [3.05, 3.63) is 35.9 Å². The molecule has 2 unspecified atom stereocenters. The number of rotatable bonds is 2. The van der Waals surface area contributed by atoms with Crippen molar-refractivity contribution in [2.75, 3.05) is 6.61 Å². The van der Waals surface area contributed by atoms with Gasteiger partial charge in [0.2, 0.25) is 0 Å². The van der Waals surface area contributed by atoms with Crippen LogP contribution in [-0.4, -0.2) is 12.6 Å². The Hall–Kier alpha value is -0.860. The molecule has 70 valence electrons. The average Bonchev–Trinajstić information content (AvgIpc) is 2.67. The summed E-state index contributed by atoms with van der Waals surface area (Å²) in [7, 11) is 0. The van der Waals surface area contributed by atoms with Crippen LogP contribution in [0, 0.1) is 0 Å². The Morgan fingerprint density at radius 3 is 2.77 bits per heavy atom. The van der Waals surface area contributed by atoms with E-state index in [4.69, 9.17) is 4.74 Å². The van der Waals surface area contributed by atoms with E-state index in [9.17, 15) is 0 Å². The summed E-state index contributed by atoms with van der Waals surface area (Å²) >= 11 is 0. The normalized spacial score (nSPS) is 27.8. The maximum Gasteiger partial charge on any atom is 0.134 e. The number of nitrogens with one attached hydrogen (secondary N) is 1. The second kappa shape index (κ2) is 3.90. The third-order valence-electron chi connectivity index (χ3n) is 2.45. The molecular formula is C11H15NO. The van der Waals surface area contributed by atoms with Crippen LogP contribution in [0.2, 0.25) is 0 Å². The maximum atomic E-state index is 5.63. The largest absolute Gasteiger partial charge is 0.357 e. The fourth-order valence-electron chi connectivity index (χ4n) is 1.58. The Balaban J connectivity index is 2.04. The van der Waals surface area contributed by atoms with Crippen LogP contribution >= 0.6 is 0 Å². The molecule has 1 aliphatic heterocycles. The van der Waals surface area contributed by atoms with Crippen molar-refractivity contribution in [3.8, 4) is 0 Å². The predicted octanol–water partition coefficient (Wildman–Crippen LogP) is 2.08. The lowest BCUT2D eigenvalue weighted by atomic mass is 10.2. The summed E-state index contributed by atoms with van der Waals surface area (Å²) in [5.74, 6) is 0. The van der Waals surface area contributed by atoms with Crippen LogP contribution in [0.4, 0.5) is 0 Å². The Morgan fingerprint density at radius 2 is 2.15 bits per heavy atom. The molecule has 2 rings (SSSR count). The highest BCUT2D eigenvalue weighted by Gasteiger charge is 2.23. The molecule has 1 heterocycles. The molecule has 1 saturated heterocycles. The lowest BCUT2D eigenvalue weighted by molar-refractivity contribution is 0.101. The van der Waals surface area contributed by atoms with Gasteiger partial charge in [0.15, 0.2) is 0 Å². The molecule has 0 aromatic heterocycles. The molecule has 1 aromatic rings. The van der Waals surface area contributed by atoms with Gasteiger partial charge in [-0.2, -0.15) is 0 Å². The Kier molecular flexibility index (Phi) is 2.62. The molecule has 0 radical (unpaired) electrons. The zero-order valence-electron chi connectivity index (χ0n) is 7.86.